The molecule has 0 spiro atoms. The number of unbranched alkanes of at least 4 members (excludes halogenated alkanes) is 1. The van der Waals surface area contributed by atoms with Gasteiger partial charge in [0.2, 0.25) is 5.91 Å². The minimum atomic E-state index is -1.99. The average Bonchev–Trinajstić information content (AvgIpc) is 3.45. The number of pyridine rings is 2. The van der Waals surface area contributed by atoms with Crippen molar-refractivity contribution in [3.05, 3.63) is 89.0 Å². The summed E-state index contributed by atoms with van der Waals surface area (Å²) < 4.78 is 8.26. The third-order valence-electron chi connectivity index (χ3n) is 10.6. The first kappa shape index (κ1) is 34.3. The summed E-state index contributed by atoms with van der Waals surface area (Å²) in [5.74, 6) is 2.81. The van der Waals surface area contributed by atoms with Crippen molar-refractivity contribution in [2.75, 3.05) is 0 Å². The van der Waals surface area contributed by atoms with Gasteiger partial charge in [0.15, 0.2) is 14.0 Å². The molecule has 1 aliphatic rings. The Morgan fingerprint density at radius 2 is 1.82 bits per heavy atom. The quantitative estimate of drug-likeness (QED) is 0.0787. The Hall–Kier alpha value is -4.52. The fourth-order valence-electron chi connectivity index (χ4n) is 6.54. The SMILES string of the molecule is C#CCCCC(CCC(=O)NC1(c2ccc(-c3nc4ccn5c(=O)[nH]nc5c4cc3-c3ccccc3)cc2)CCC1)O[Si](C)(C)C(C)(C)C. The summed E-state index contributed by atoms with van der Waals surface area (Å²) in [5.41, 5.74) is 5.55. The van der Waals surface area contributed by atoms with Gasteiger partial charge in [-0.05, 0) is 79.9 Å². The van der Waals surface area contributed by atoms with Crippen LogP contribution in [0.1, 0.15) is 77.7 Å². The average molecular weight is 674 g/mol. The summed E-state index contributed by atoms with van der Waals surface area (Å²) in [6, 6.07) is 22.5. The standard InChI is InChI=1S/C40H47N5O3Si/c1-7-8-10-16-31(48-49(5,6)39(2,3)4)21-22-35(46)42-40(24-13-25-40)30-19-17-29(18-20-30)36-32(28-14-11-9-12-15-28)27-33-34(41-36)23-26-45-37(33)43-44-38(45)47/h1,9,11-12,14-15,17-20,23,26-27,31H,8,10,13,16,21-22,24-25H2,2-6H3,(H,42,46)(H,44,47). The number of nitrogens with zero attached hydrogens (tertiary/aromatic N) is 3. The molecule has 5 aromatic rings. The van der Waals surface area contributed by atoms with E-state index in [0.717, 1.165) is 77.4 Å². The van der Waals surface area contributed by atoms with Crippen molar-refractivity contribution in [1.29, 1.82) is 0 Å². The second-order valence-corrected chi connectivity index (χ2v) is 19.7. The van der Waals surface area contributed by atoms with Crippen molar-refractivity contribution in [1.82, 2.24) is 24.9 Å². The van der Waals surface area contributed by atoms with Gasteiger partial charge in [-0.15, -0.1) is 12.3 Å². The van der Waals surface area contributed by atoms with Crippen molar-refractivity contribution in [3.8, 4) is 34.7 Å². The number of aromatic amines is 1. The third-order valence-corrected chi connectivity index (χ3v) is 15.1. The lowest BCUT2D eigenvalue weighted by molar-refractivity contribution is -0.124. The monoisotopic (exact) mass is 673 g/mol. The number of nitrogens with one attached hydrogen (secondary N) is 2. The summed E-state index contributed by atoms with van der Waals surface area (Å²) in [4.78, 5) is 30.9. The van der Waals surface area contributed by atoms with E-state index in [1.165, 1.54) is 4.40 Å². The first-order valence-electron chi connectivity index (χ1n) is 17.4. The minimum Gasteiger partial charge on any atom is -0.414 e. The topological polar surface area (TPSA) is 101 Å². The molecule has 2 N–H and O–H groups in total. The van der Waals surface area contributed by atoms with Crippen molar-refractivity contribution in [2.24, 2.45) is 0 Å². The molecule has 3 heterocycles. The van der Waals surface area contributed by atoms with Gasteiger partial charge in [0.05, 0.1) is 16.7 Å². The number of terminal acetylenes is 1. The van der Waals surface area contributed by atoms with Gasteiger partial charge >= 0.3 is 5.69 Å². The number of carbonyl (C=O) groups excluding carboxylic acids is 1. The zero-order chi connectivity index (χ0) is 34.8. The Balaban J connectivity index is 1.23. The number of hydrogen-bond acceptors (Lipinski definition) is 5. The predicted molar refractivity (Wildman–Crippen MR) is 200 cm³/mol. The maximum Gasteiger partial charge on any atom is 0.347 e. The lowest BCUT2D eigenvalue weighted by Crippen LogP contribution is -2.51. The molecule has 6 rings (SSSR count). The van der Waals surface area contributed by atoms with Crippen LogP contribution in [-0.2, 0) is 14.8 Å². The van der Waals surface area contributed by atoms with Crippen LogP contribution in [0.4, 0.5) is 0 Å². The molecule has 49 heavy (non-hydrogen) atoms. The fraction of sp³-hybridized carbons (Fsp3) is 0.400. The molecule has 1 atom stereocenters. The predicted octanol–water partition coefficient (Wildman–Crippen LogP) is 8.37. The number of benzene rings is 2. The van der Waals surface area contributed by atoms with Gasteiger partial charge in [0.1, 0.15) is 0 Å². The largest absolute Gasteiger partial charge is 0.414 e. The number of aromatic nitrogens is 4. The van der Waals surface area contributed by atoms with Crippen LogP contribution in [0.2, 0.25) is 18.1 Å². The molecule has 9 heteroatoms. The fourth-order valence-corrected chi connectivity index (χ4v) is 7.96. The van der Waals surface area contributed by atoms with E-state index in [9.17, 15) is 9.59 Å². The van der Waals surface area contributed by atoms with Gasteiger partial charge in [-0.1, -0.05) is 75.4 Å². The summed E-state index contributed by atoms with van der Waals surface area (Å²) in [5, 5.41) is 11.1. The third kappa shape index (κ3) is 7.12. The highest BCUT2D eigenvalue weighted by atomic mass is 28.4. The second kappa shape index (κ2) is 13.8. The summed E-state index contributed by atoms with van der Waals surface area (Å²) in [6.45, 7) is 11.3. The molecule has 1 fully saturated rings. The molecule has 1 aliphatic carbocycles. The number of amides is 1. The van der Waals surface area contributed by atoms with Gasteiger partial charge < -0.3 is 9.74 Å². The lowest BCUT2D eigenvalue weighted by Gasteiger charge is -2.43. The smallest absolute Gasteiger partial charge is 0.347 e. The van der Waals surface area contributed by atoms with Crippen LogP contribution in [0.15, 0.2) is 77.7 Å². The molecule has 1 saturated carbocycles. The molecule has 8 nitrogen and oxygen atoms in total. The van der Waals surface area contributed by atoms with Crippen molar-refractivity contribution in [3.63, 3.8) is 0 Å². The summed E-state index contributed by atoms with van der Waals surface area (Å²) >= 11 is 0. The van der Waals surface area contributed by atoms with Crippen LogP contribution in [0.3, 0.4) is 0 Å². The molecule has 2 aromatic carbocycles. The van der Waals surface area contributed by atoms with Crippen LogP contribution >= 0.6 is 0 Å². The number of rotatable bonds is 12. The van der Waals surface area contributed by atoms with Crippen LogP contribution in [-0.4, -0.2) is 39.9 Å². The summed E-state index contributed by atoms with van der Waals surface area (Å²) in [7, 11) is -1.99. The van der Waals surface area contributed by atoms with E-state index in [4.69, 9.17) is 15.8 Å². The van der Waals surface area contributed by atoms with E-state index in [2.05, 4.69) is 97.8 Å². The van der Waals surface area contributed by atoms with Crippen LogP contribution in [0.5, 0.6) is 0 Å². The number of hydrogen-bond donors (Lipinski definition) is 2. The molecule has 3 aromatic heterocycles. The first-order chi connectivity index (χ1) is 23.4. The Bertz CT molecular complexity index is 2050. The Kier molecular flexibility index (Phi) is 9.65. The molecule has 0 radical (unpaired) electrons. The van der Waals surface area contributed by atoms with Gasteiger partial charge in [-0.3, -0.25) is 4.79 Å². The summed E-state index contributed by atoms with van der Waals surface area (Å²) in [6.07, 6.45) is 13.8. The maximum atomic E-state index is 13.5. The maximum absolute atomic E-state index is 13.5. The van der Waals surface area contributed by atoms with E-state index in [0.29, 0.717) is 18.5 Å². The zero-order valence-electron chi connectivity index (χ0n) is 29.3. The zero-order valence-corrected chi connectivity index (χ0v) is 30.3. The molecule has 1 unspecified atom stereocenters. The molecule has 1 amide bonds. The van der Waals surface area contributed by atoms with Crippen molar-refractivity contribution >= 4 is 30.8 Å². The van der Waals surface area contributed by atoms with Crippen LogP contribution in [0, 0.1) is 12.3 Å². The van der Waals surface area contributed by atoms with E-state index in [1.807, 2.05) is 24.3 Å². The van der Waals surface area contributed by atoms with E-state index in [1.54, 1.807) is 6.20 Å². The van der Waals surface area contributed by atoms with Crippen molar-refractivity contribution < 1.29 is 9.22 Å². The molecule has 0 aliphatic heterocycles. The van der Waals surface area contributed by atoms with E-state index >= 15 is 0 Å². The minimum absolute atomic E-state index is 0.0231. The van der Waals surface area contributed by atoms with Crippen LogP contribution in [0.25, 0.3) is 38.9 Å². The van der Waals surface area contributed by atoms with Gasteiger partial charge in [0, 0.05) is 41.7 Å². The molecule has 0 saturated heterocycles. The van der Waals surface area contributed by atoms with Crippen LogP contribution < -0.4 is 11.0 Å². The van der Waals surface area contributed by atoms with Gasteiger partial charge in [0.25, 0.3) is 0 Å². The van der Waals surface area contributed by atoms with Gasteiger partial charge in [-0.2, -0.15) is 5.10 Å². The Morgan fingerprint density at radius 3 is 2.47 bits per heavy atom. The molecule has 254 valence electrons. The van der Waals surface area contributed by atoms with Gasteiger partial charge in [-0.25, -0.2) is 19.3 Å². The Labute approximate surface area is 289 Å². The molecular formula is C40H47N5O3Si. The number of H-pyrrole nitrogens is 1. The Morgan fingerprint density at radius 1 is 1.08 bits per heavy atom. The highest BCUT2D eigenvalue weighted by Gasteiger charge is 2.41. The van der Waals surface area contributed by atoms with E-state index in [-0.39, 0.29) is 28.3 Å². The molecule has 0 bridgehead atoms. The second-order valence-electron chi connectivity index (χ2n) is 14.9. The highest BCUT2D eigenvalue weighted by molar-refractivity contribution is 6.74. The molecular weight excluding hydrogens is 627 g/mol. The normalized spacial score (nSPS) is 15.1. The van der Waals surface area contributed by atoms with Crippen molar-refractivity contribution in [2.45, 2.75) is 102 Å². The lowest BCUT2D eigenvalue weighted by atomic mass is 9.71. The highest BCUT2D eigenvalue weighted by Crippen LogP contribution is 2.43. The first-order valence-corrected chi connectivity index (χ1v) is 20.3. The number of fused-ring (bicyclic) bond motifs is 3. The number of carbonyl (C=O) groups is 1. The van der Waals surface area contributed by atoms with E-state index < -0.39 is 8.32 Å².